The largest absolute Gasteiger partial charge is 0.464 e. The van der Waals surface area contributed by atoms with Gasteiger partial charge in [0.25, 0.3) is 5.78 Å². The van der Waals surface area contributed by atoms with Gasteiger partial charge in [0.05, 0.1) is 13.2 Å². The SMILES string of the molecule is CCOC(=O)C(=O)C(C(=O)OCC)n1cccn1. The Labute approximate surface area is 104 Å². The van der Waals surface area contributed by atoms with Crippen molar-refractivity contribution in [2.24, 2.45) is 0 Å². The number of ether oxygens (including phenoxy) is 2. The Morgan fingerprint density at radius 2 is 1.89 bits per heavy atom. The first-order valence-corrected chi connectivity index (χ1v) is 5.48. The Kier molecular flexibility index (Phi) is 5.04. The number of nitrogens with zero attached hydrogens (tertiary/aromatic N) is 2. The summed E-state index contributed by atoms with van der Waals surface area (Å²) in [6.07, 6.45) is 2.80. The van der Waals surface area contributed by atoms with E-state index in [0.29, 0.717) is 0 Å². The van der Waals surface area contributed by atoms with E-state index in [2.05, 4.69) is 9.84 Å². The van der Waals surface area contributed by atoms with Gasteiger partial charge in [-0.3, -0.25) is 9.48 Å². The summed E-state index contributed by atoms with van der Waals surface area (Å²) in [4.78, 5) is 34.9. The third-order valence-electron chi connectivity index (χ3n) is 2.02. The molecule has 0 radical (unpaired) electrons. The van der Waals surface area contributed by atoms with Gasteiger partial charge in [0, 0.05) is 12.4 Å². The molecular formula is C11H14N2O5. The average molecular weight is 254 g/mol. The minimum atomic E-state index is -1.43. The van der Waals surface area contributed by atoms with Gasteiger partial charge in [-0.05, 0) is 19.9 Å². The van der Waals surface area contributed by atoms with Crippen LogP contribution in [0.5, 0.6) is 0 Å². The van der Waals surface area contributed by atoms with Gasteiger partial charge in [0.15, 0.2) is 0 Å². The van der Waals surface area contributed by atoms with E-state index in [1.165, 1.54) is 18.5 Å². The molecule has 0 spiro atoms. The second-order valence-corrected chi connectivity index (χ2v) is 3.23. The number of aromatic nitrogens is 2. The molecule has 0 N–H and O–H groups in total. The van der Waals surface area contributed by atoms with Gasteiger partial charge in [-0.2, -0.15) is 5.10 Å². The van der Waals surface area contributed by atoms with Gasteiger partial charge in [-0.15, -0.1) is 0 Å². The minimum absolute atomic E-state index is 0.0548. The molecule has 0 saturated heterocycles. The van der Waals surface area contributed by atoms with Crippen molar-refractivity contribution in [1.29, 1.82) is 0 Å². The number of esters is 2. The molecule has 0 fully saturated rings. The van der Waals surface area contributed by atoms with Crippen LogP contribution in [0.25, 0.3) is 0 Å². The molecule has 1 atom stereocenters. The van der Waals surface area contributed by atoms with Gasteiger partial charge in [-0.1, -0.05) is 0 Å². The topological polar surface area (TPSA) is 87.5 Å². The van der Waals surface area contributed by atoms with Crippen molar-refractivity contribution < 1.29 is 23.9 Å². The zero-order chi connectivity index (χ0) is 13.5. The molecule has 98 valence electrons. The molecule has 7 nitrogen and oxygen atoms in total. The summed E-state index contributed by atoms with van der Waals surface area (Å²) in [5.74, 6) is -2.91. The summed E-state index contributed by atoms with van der Waals surface area (Å²) in [5, 5.41) is 3.77. The van der Waals surface area contributed by atoms with E-state index in [9.17, 15) is 14.4 Å². The molecule has 0 aliphatic carbocycles. The fraction of sp³-hybridized carbons (Fsp3) is 0.455. The second kappa shape index (κ2) is 6.53. The Bertz CT molecular complexity index is 427. The quantitative estimate of drug-likeness (QED) is 0.407. The molecule has 0 amide bonds. The molecule has 18 heavy (non-hydrogen) atoms. The van der Waals surface area contributed by atoms with Crippen LogP contribution in [0.2, 0.25) is 0 Å². The molecule has 0 bridgehead atoms. The van der Waals surface area contributed by atoms with Crippen molar-refractivity contribution in [3.63, 3.8) is 0 Å². The van der Waals surface area contributed by atoms with Crippen molar-refractivity contribution in [3.05, 3.63) is 18.5 Å². The van der Waals surface area contributed by atoms with Gasteiger partial charge >= 0.3 is 11.9 Å². The highest BCUT2D eigenvalue weighted by Crippen LogP contribution is 2.10. The van der Waals surface area contributed by atoms with Crippen LogP contribution < -0.4 is 0 Å². The maximum Gasteiger partial charge on any atom is 0.377 e. The molecular weight excluding hydrogens is 240 g/mol. The van der Waals surface area contributed by atoms with Crippen molar-refractivity contribution in [1.82, 2.24) is 9.78 Å². The molecule has 1 aromatic heterocycles. The van der Waals surface area contributed by atoms with Gasteiger partial charge < -0.3 is 9.47 Å². The van der Waals surface area contributed by atoms with Crippen LogP contribution in [-0.4, -0.2) is 40.7 Å². The number of hydrogen-bond donors (Lipinski definition) is 0. The molecule has 1 heterocycles. The molecule has 0 aromatic carbocycles. The van der Waals surface area contributed by atoms with E-state index in [4.69, 9.17) is 4.74 Å². The number of carbonyl (C=O) groups excluding carboxylic acids is 3. The number of hydrogen-bond acceptors (Lipinski definition) is 6. The van der Waals surface area contributed by atoms with Crippen LogP contribution in [0.1, 0.15) is 19.9 Å². The third kappa shape index (κ3) is 3.16. The number of rotatable bonds is 6. The fourth-order valence-electron chi connectivity index (χ4n) is 1.30. The third-order valence-corrected chi connectivity index (χ3v) is 2.02. The lowest BCUT2D eigenvalue weighted by atomic mass is 10.2. The fourth-order valence-corrected chi connectivity index (χ4v) is 1.30. The first kappa shape index (κ1) is 13.9. The van der Waals surface area contributed by atoms with Gasteiger partial charge in [0.2, 0.25) is 6.04 Å². The van der Waals surface area contributed by atoms with Crippen LogP contribution in [0.15, 0.2) is 18.5 Å². The maximum absolute atomic E-state index is 11.8. The van der Waals surface area contributed by atoms with Crippen LogP contribution in [0, 0.1) is 0 Å². The molecule has 1 rings (SSSR count). The zero-order valence-corrected chi connectivity index (χ0v) is 10.2. The predicted octanol–water partition coefficient (Wildman–Crippen LogP) is 0.119. The van der Waals surface area contributed by atoms with Crippen molar-refractivity contribution in [2.45, 2.75) is 19.9 Å². The summed E-state index contributed by atoms with van der Waals surface area (Å²) in [6.45, 7) is 3.33. The average Bonchev–Trinajstić information content (AvgIpc) is 2.83. The predicted molar refractivity (Wildman–Crippen MR) is 59.5 cm³/mol. The molecule has 0 aliphatic heterocycles. The smallest absolute Gasteiger partial charge is 0.377 e. The van der Waals surface area contributed by atoms with Crippen LogP contribution in [0.3, 0.4) is 0 Å². The highest BCUT2D eigenvalue weighted by molar-refractivity contribution is 6.38. The number of Topliss-reactive ketones (excluding diaryl/α,β-unsaturated/α-hetero) is 1. The van der Waals surface area contributed by atoms with Crippen molar-refractivity contribution in [2.75, 3.05) is 13.2 Å². The van der Waals surface area contributed by atoms with Gasteiger partial charge in [-0.25, -0.2) is 9.59 Å². The van der Waals surface area contributed by atoms with E-state index in [-0.39, 0.29) is 13.2 Å². The summed E-state index contributed by atoms with van der Waals surface area (Å²) in [6, 6.07) is 0.101. The Morgan fingerprint density at radius 3 is 2.39 bits per heavy atom. The maximum atomic E-state index is 11.8. The summed E-state index contributed by atoms with van der Waals surface area (Å²) in [7, 11) is 0. The lowest BCUT2D eigenvalue weighted by Crippen LogP contribution is -2.35. The van der Waals surface area contributed by atoms with Crippen LogP contribution >= 0.6 is 0 Å². The zero-order valence-electron chi connectivity index (χ0n) is 10.2. The van der Waals surface area contributed by atoms with E-state index in [1.807, 2.05) is 0 Å². The van der Waals surface area contributed by atoms with Crippen LogP contribution in [0.4, 0.5) is 0 Å². The normalized spacial score (nSPS) is 11.7. The standard InChI is InChI=1S/C11H14N2O5/c1-3-17-10(15)8(13-7-5-6-12-13)9(14)11(16)18-4-2/h5-8H,3-4H2,1-2H3. The van der Waals surface area contributed by atoms with E-state index >= 15 is 0 Å². The second-order valence-electron chi connectivity index (χ2n) is 3.23. The first-order chi connectivity index (χ1) is 8.61. The van der Waals surface area contributed by atoms with Crippen LogP contribution in [-0.2, 0) is 23.9 Å². The van der Waals surface area contributed by atoms with Gasteiger partial charge in [0.1, 0.15) is 0 Å². The summed E-state index contributed by atoms with van der Waals surface area (Å²) >= 11 is 0. The van der Waals surface area contributed by atoms with Crippen molar-refractivity contribution in [3.8, 4) is 0 Å². The lowest BCUT2D eigenvalue weighted by Gasteiger charge is -2.13. The molecule has 7 heteroatoms. The highest BCUT2D eigenvalue weighted by Gasteiger charge is 2.36. The molecule has 0 saturated carbocycles. The number of ketones is 1. The summed E-state index contributed by atoms with van der Waals surface area (Å²) < 4.78 is 10.4. The minimum Gasteiger partial charge on any atom is -0.464 e. The monoisotopic (exact) mass is 254 g/mol. The Morgan fingerprint density at radius 1 is 1.22 bits per heavy atom. The molecule has 1 aromatic rings. The lowest BCUT2D eigenvalue weighted by molar-refractivity contribution is -0.161. The van der Waals surface area contributed by atoms with E-state index in [0.717, 1.165) is 4.68 Å². The Hall–Kier alpha value is -2.18. The molecule has 1 unspecified atom stereocenters. The summed E-state index contributed by atoms with van der Waals surface area (Å²) in [5.41, 5.74) is 0. The van der Waals surface area contributed by atoms with E-state index < -0.39 is 23.8 Å². The van der Waals surface area contributed by atoms with Crippen molar-refractivity contribution >= 4 is 17.7 Å². The number of carbonyl (C=O) groups is 3. The Balaban J connectivity index is 2.94. The molecule has 0 aliphatic rings. The highest BCUT2D eigenvalue weighted by atomic mass is 16.5. The first-order valence-electron chi connectivity index (χ1n) is 5.48. The van der Waals surface area contributed by atoms with E-state index in [1.54, 1.807) is 13.8 Å².